The molecule has 4 rings (SSSR count). The molecular weight excluding hydrogens is 376 g/mol. The number of hydrogen-bond donors (Lipinski definition) is 0. The Balaban J connectivity index is 1.52. The third-order valence-electron chi connectivity index (χ3n) is 4.35. The number of carbonyl (C=O) groups excluding carboxylic acids is 1. The Kier molecular flexibility index (Phi) is 5.08. The standard InChI is InChI=1S/C20H16N4O3S/c1-28-19-15(10-21)14(9-16(22-19)12-7-8-12)20(25)26-11-17-23-18(24-27-17)13-5-3-2-4-6-13/h2-6,9,12H,7-8,11H2,1H3. The van der Waals surface area contributed by atoms with Crippen LogP contribution >= 0.6 is 11.8 Å². The van der Waals surface area contributed by atoms with Gasteiger partial charge in [0, 0.05) is 17.2 Å². The minimum absolute atomic E-state index is 0.167. The van der Waals surface area contributed by atoms with Gasteiger partial charge in [-0.3, -0.25) is 0 Å². The number of rotatable bonds is 6. The van der Waals surface area contributed by atoms with E-state index < -0.39 is 5.97 Å². The Morgan fingerprint density at radius 3 is 2.79 bits per heavy atom. The van der Waals surface area contributed by atoms with E-state index in [9.17, 15) is 10.1 Å². The Bertz CT molecular complexity index is 1060. The van der Waals surface area contributed by atoms with Crippen LogP contribution in [0.25, 0.3) is 11.4 Å². The third-order valence-corrected chi connectivity index (χ3v) is 5.04. The van der Waals surface area contributed by atoms with Crippen LogP contribution in [0.5, 0.6) is 0 Å². The number of thioether (sulfide) groups is 1. The Morgan fingerprint density at radius 1 is 1.32 bits per heavy atom. The number of esters is 1. The van der Waals surface area contributed by atoms with Crippen LogP contribution in [0.4, 0.5) is 0 Å². The zero-order valence-electron chi connectivity index (χ0n) is 15.1. The Morgan fingerprint density at radius 2 is 2.11 bits per heavy atom. The molecule has 7 nitrogen and oxygen atoms in total. The summed E-state index contributed by atoms with van der Waals surface area (Å²) >= 11 is 1.34. The maximum Gasteiger partial charge on any atom is 0.340 e. The molecule has 140 valence electrons. The largest absolute Gasteiger partial charge is 0.452 e. The highest BCUT2D eigenvalue weighted by atomic mass is 32.2. The number of hydrogen-bond acceptors (Lipinski definition) is 8. The van der Waals surface area contributed by atoms with Gasteiger partial charge >= 0.3 is 5.97 Å². The van der Waals surface area contributed by atoms with Crippen molar-refractivity contribution in [3.05, 3.63) is 59.1 Å². The fourth-order valence-corrected chi connectivity index (χ4v) is 3.33. The molecule has 0 amide bonds. The molecule has 1 saturated carbocycles. The molecule has 1 aliphatic carbocycles. The van der Waals surface area contributed by atoms with Gasteiger partial charge in [-0.2, -0.15) is 10.2 Å². The van der Waals surface area contributed by atoms with Gasteiger partial charge in [0.25, 0.3) is 5.89 Å². The highest BCUT2D eigenvalue weighted by Gasteiger charge is 2.29. The van der Waals surface area contributed by atoms with E-state index in [1.807, 2.05) is 36.6 Å². The summed E-state index contributed by atoms with van der Waals surface area (Å²) in [7, 11) is 0. The summed E-state index contributed by atoms with van der Waals surface area (Å²) in [6.45, 7) is -0.167. The number of aromatic nitrogens is 3. The van der Waals surface area contributed by atoms with E-state index in [1.54, 1.807) is 6.07 Å². The van der Waals surface area contributed by atoms with Gasteiger partial charge < -0.3 is 9.26 Å². The molecule has 1 fully saturated rings. The van der Waals surface area contributed by atoms with Crippen LogP contribution in [0.2, 0.25) is 0 Å². The molecule has 2 aromatic heterocycles. The lowest BCUT2D eigenvalue weighted by atomic mass is 10.1. The minimum atomic E-state index is -0.601. The van der Waals surface area contributed by atoms with E-state index in [0.29, 0.717) is 16.8 Å². The molecule has 8 heteroatoms. The van der Waals surface area contributed by atoms with Crippen molar-refractivity contribution in [3.8, 4) is 17.5 Å². The first kappa shape index (κ1) is 18.2. The quantitative estimate of drug-likeness (QED) is 0.459. The van der Waals surface area contributed by atoms with Crippen molar-refractivity contribution in [1.29, 1.82) is 5.26 Å². The van der Waals surface area contributed by atoms with Gasteiger partial charge in [0.15, 0.2) is 6.61 Å². The lowest BCUT2D eigenvalue weighted by molar-refractivity contribution is 0.0428. The van der Waals surface area contributed by atoms with Crippen LogP contribution < -0.4 is 0 Å². The van der Waals surface area contributed by atoms with Gasteiger partial charge in [-0.25, -0.2) is 9.78 Å². The van der Waals surface area contributed by atoms with E-state index in [1.165, 1.54) is 11.8 Å². The van der Waals surface area contributed by atoms with Crippen LogP contribution in [0.3, 0.4) is 0 Å². The summed E-state index contributed by atoms with van der Waals surface area (Å²) in [5.74, 6) is 0.367. The minimum Gasteiger partial charge on any atom is -0.452 e. The fraction of sp³-hybridized carbons (Fsp3) is 0.250. The molecule has 0 aliphatic heterocycles. The summed E-state index contributed by atoms with van der Waals surface area (Å²) in [4.78, 5) is 21.4. The predicted octanol–water partition coefficient (Wildman–Crippen LogP) is 3.96. The predicted molar refractivity (Wildman–Crippen MR) is 102 cm³/mol. The zero-order valence-corrected chi connectivity index (χ0v) is 15.9. The van der Waals surface area contributed by atoms with E-state index in [0.717, 1.165) is 24.1 Å². The van der Waals surface area contributed by atoms with Crippen LogP contribution in [-0.4, -0.2) is 27.3 Å². The SMILES string of the molecule is CSc1nc(C2CC2)cc(C(=O)OCc2nc(-c3ccccc3)no2)c1C#N. The normalized spacial score (nSPS) is 13.1. The number of pyridine rings is 1. The smallest absolute Gasteiger partial charge is 0.340 e. The number of carbonyl (C=O) groups is 1. The summed E-state index contributed by atoms with van der Waals surface area (Å²) < 4.78 is 10.5. The van der Waals surface area contributed by atoms with Gasteiger partial charge in [0.05, 0.1) is 11.1 Å². The average Bonchev–Trinajstić information content (AvgIpc) is 3.49. The molecule has 3 aromatic rings. The second-order valence-electron chi connectivity index (χ2n) is 6.32. The van der Waals surface area contributed by atoms with Crippen molar-refractivity contribution >= 4 is 17.7 Å². The molecule has 0 spiro atoms. The molecule has 0 N–H and O–H groups in total. The van der Waals surface area contributed by atoms with Crippen molar-refractivity contribution in [1.82, 2.24) is 15.1 Å². The maximum absolute atomic E-state index is 12.6. The molecule has 0 atom stereocenters. The maximum atomic E-state index is 12.6. The number of ether oxygens (including phenoxy) is 1. The first-order chi connectivity index (χ1) is 13.7. The lowest BCUT2D eigenvalue weighted by Crippen LogP contribution is -2.10. The lowest BCUT2D eigenvalue weighted by Gasteiger charge is -2.09. The van der Waals surface area contributed by atoms with Gasteiger partial charge in [0.1, 0.15) is 11.1 Å². The molecule has 1 aliphatic rings. The second kappa shape index (κ2) is 7.82. The van der Waals surface area contributed by atoms with E-state index >= 15 is 0 Å². The van der Waals surface area contributed by atoms with Crippen LogP contribution in [-0.2, 0) is 11.3 Å². The molecule has 0 unspecified atom stereocenters. The molecule has 28 heavy (non-hydrogen) atoms. The number of nitriles is 1. The Labute approximate surface area is 165 Å². The summed E-state index contributed by atoms with van der Waals surface area (Å²) in [5, 5.41) is 13.9. The highest BCUT2D eigenvalue weighted by molar-refractivity contribution is 7.98. The van der Waals surface area contributed by atoms with Gasteiger partial charge in [0.2, 0.25) is 5.82 Å². The Hall–Kier alpha value is -3.18. The molecule has 0 radical (unpaired) electrons. The summed E-state index contributed by atoms with van der Waals surface area (Å²) in [6, 6.07) is 13.1. The molecule has 0 saturated heterocycles. The van der Waals surface area contributed by atoms with Crippen molar-refractivity contribution in [2.45, 2.75) is 30.4 Å². The topological polar surface area (TPSA) is 102 Å². The molecular formula is C20H16N4O3S. The second-order valence-corrected chi connectivity index (χ2v) is 7.11. The molecule has 1 aromatic carbocycles. The van der Waals surface area contributed by atoms with Gasteiger partial charge in [-0.05, 0) is 25.2 Å². The highest BCUT2D eigenvalue weighted by Crippen LogP contribution is 2.40. The van der Waals surface area contributed by atoms with E-state index in [2.05, 4.69) is 21.2 Å². The van der Waals surface area contributed by atoms with Crippen molar-refractivity contribution in [3.63, 3.8) is 0 Å². The van der Waals surface area contributed by atoms with Crippen LogP contribution in [0, 0.1) is 11.3 Å². The van der Waals surface area contributed by atoms with Crippen molar-refractivity contribution in [2.75, 3.05) is 6.26 Å². The first-order valence-corrected chi connectivity index (χ1v) is 9.96. The number of nitrogens with zero attached hydrogens (tertiary/aromatic N) is 4. The third kappa shape index (κ3) is 3.75. The van der Waals surface area contributed by atoms with Crippen molar-refractivity contribution < 1.29 is 14.1 Å². The fourth-order valence-electron chi connectivity index (χ4n) is 2.77. The summed E-state index contributed by atoms with van der Waals surface area (Å²) in [6.07, 6.45) is 3.93. The van der Waals surface area contributed by atoms with Crippen molar-refractivity contribution in [2.24, 2.45) is 0 Å². The van der Waals surface area contributed by atoms with E-state index in [-0.39, 0.29) is 23.6 Å². The van der Waals surface area contributed by atoms with Crippen LogP contribution in [0.15, 0.2) is 45.9 Å². The van der Waals surface area contributed by atoms with Gasteiger partial charge in [-0.15, -0.1) is 11.8 Å². The summed E-state index contributed by atoms with van der Waals surface area (Å²) in [5.41, 5.74) is 2.10. The van der Waals surface area contributed by atoms with Crippen LogP contribution in [0.1, 0.15) is 46.3 Å². The number of benzene rings is 1. The monoisotopic (exact) mass is 392 g/mol. The molecule has 0 bridgehead atoms. The van der Waals surface area contributed by atoms with Gasteiger partial charge in [-0.1, -0.05) is 35.5 Å². The average molecular weight is 392 g/mol. The zero-order chi connectivity index (χ0) is 19.5. The molecule has 2 heterocycles. The first-order valence-electron chi connectivity index (χ1n) is 8.73. The van der Waals surface area contributed by atoms with E-state index in [4.69, 9.17) is 9.26 Å².